The molecule has 5 heteroatoms. The van der Waals surface area contributed by atoms with Crippen LogP contribution in [0.4, 0.5) is 0 Å². The molecule has 1 aromatic rings. The Kier molecular flexibility index (Phi) is 4.52. The number of hydrazine groups is 1. The van der Waals surface area contributed by atoms with E-state index in [9.17, 15) is 8.42 Å². The van der Waals surface area contributed by atoms with E-state index in [0.29, 0.717) is 12.2 Å². The van der Waals surface area contributed by atoms with Gasteiger partial charge in [-0.05, 0) is 56.2 Å². The van der Waals surface area contributed by atoms with Crippen LogP contribution in [0.1, 0.15) is 28.7 Å². The fraction of sp³-hybridized carbons (Fsp3) is 0.600. The van der Waals surface area contributed by atoms with Crippen LogP contribution in [-0.4, -0.2) is 26.0 Å². The Morgan fingerprint density at radius 1 is 1.30 bits per heavy atom. The number of benzene rings is 1. The molecule has 0 aliphatic carbocycles. The van der Waals surface area contributed by atoms with Crippen molar-refractivity contribution in [1.29, 1.82) is 0 Å². The lowest BCUT2D eigenvalue weighted by Crippen LogP contribution is -2.43. The van der Waals surface area contributed by atoms with Gasteiger partial charge in [0.2, 0.25) is 0 Å². The molecule has 1 aliphatic heterocycles. The number of hydrogen-bond donors (Lipinski definition) is 2. The van der Waals surface area contributed by atoms with Gasteiger partial charge in [-0.1, -0.05) is 17.7 Å². The summed E-state index contributed by atoms with van der Waals surface area (Å²) >= 11 is 0. The topological polar surface area (TPSA) is 72.2 Å². The molecule has 0 saturated carbocycles. The minimum Gasteiger partial charge on any atom is -0.271 e. The lowest BCUT2D eigenvalue weighted by Gasteiger charge is -2.24. The van der Waals surface area contributed by atoms with Gasteiger partial charge in [0, 0.05) is 6.04 Å². The number of rotatable bonds is 4. The molecular weight excluding hydrogens is 272 g/mol. The summed E-state index contributed by atoms with van der Waals surface area (Å²) in [5.74, 6) is 6.34. The van der Waals surface area contributed by atoms with Gasteiger partial charge in [0.25, 0.3) is 0 Å². The smallest absolute Gasteiger partial charge is 0.150 e. The molecular formula is C15H24N2O2S. The number of sulfone groups is 1. The van der Waals surface area contributed by atoms with Crippen LogP contribution >= 0.6 is 0 Å². The van der Waals surface area contributed by atoms with Gasteiger partial charge in [-0.25, -0.2) is 8.42 Å². The number of nitrogens with one attached hydrogen (secondary N) is 1. The first-order valence-corrected chi connectivity index (χ1v) is 8.88. The maximum absolute atomic E-state index is 11.6. The molecule has 0 amide bonds. The first-order chi connectivity index (χ1) is 9.32. The zero-order valence-electron chi connectivity index (χ0n) is 12.4. The maximum atomic E-state index is 11.6. The first kappa shape index (κ1) is 15.5. The van der Waals surface area contributed by atoms with Gasteiger partial charge in [0.05, 0.1) is 11.5 Å². The molecule has 2 atom stereocenters. The van der Waals surface area contributed by atoms with Crippen LogP contribution < -0.4 is 11.3 Å². The van der Waals surface area contributed by atoms with Crippen LogP contribution in [0.15, 0.2) is 12.1 Å². The van der Waals surface area contributed by atoms with Gasteiger partial charge >= 0.3 is 0 Å². The summed E-state index contributed by atoms with van der Waals surface area (Å²) in [5.41, 5.74) is 7.88. The normalized spacial score (nSPS) is 22.9. The Bertz CT molecular complexity index is 573. The second kappa shape index (κ2) is 5.84. The number of aryl methyl sites for hydroxylation is 3. The van der Waals surface area contributed by atoms with Crippen molar-refractivity contribution in [3.05, 3.63) is 34.4 Å². The quantitative estimate of drug-likeness (QED) is 0.651. The van der Waals surface area contributed by atoms with E-state index >= 15 is 0 Å². The third-order valence-corrected chi connectivity index (χ3v) is 6.11. The molecule has 2 rings (SSSR count). The lowest BCUT2D eigenvalue weighted by molar-refractivity contribution is 0.384. The number of hydrogen-bond acceptors (Lipinski definition) is 4. The monoisotopic (exact) mass is 296 g/mol. The SMILES string of the molecule is Cc1cc(C)c(CC(NN)C2CCS(=O)(=O)C2)c(C)c1. The predicted octanol–water partition coefficient (Wildman–Crippen LogP) is 1.42. The minimum atomic E-state index is -2.87. The third-order valence-electron chi connectivity index (χ3n) is 4.32. The fourth-order valence-electron chi connectivity index (χ4n) is 3.25. The second-order valence-electron chi connectivity index (χ2n) is 6.02. The molecule has 1 aromatic carbocycles. The van der Waals surface area contributed by atoms with Crippen molar-refractivity contribution >= 4 is 9.84 Å². The molecule has 1 fully saturated rings. The van der Waals surface area contributed by atoms with Crippen molar-refractivity contribution < 1.29 is 8.42 Å². The molecule has 0 aromatic heterocycles. The second-order valence-corrected chi connectivity index (χ2v) is 8.25. The lowest BCUT2D eigenvalue weighted by atomic mass is 9.89. The van der Waals surface area contributed by atoms with Crippen molar-refractivity contribution in [2.24, 2.45) is 11.8 Å². The Morgan fingerprint density at radius 2 is 1.90 bits per heavy atom. The summed E-state index contributed by atoms with van der Waals surface area (Å²) in [6.45, 7) is 6.30. The average molecular weight is 296 g/mol. The highest BCUT2D eigenvalue weighted by molar-refractivity contribution is 7.91. The van der Waals surface area contributed by atoms with Gasteiger partial charge in [-0.15, -0.1) is 0 Å². The van der Waals surface area contributed by atoms with E-state index in [1.54, 1.807) is 0 Å². The van der Waals surface area contributed by atoms with Crippen LogP contribution in [-0.2, 0) is 16.3 Å². The van der Waals surface area contributed by atoms with E-state index in [-0.39, 0.29) is 17.7 Å². The molecule has 0 bridgehead atoms. The molecule has 4 nitrogen and oxygen atoms in total. The van der Waals surface area contributed by atoms with E-state index in [1.807, 2.05) is 0 Å². The molecule has 0 radical (unpaired) electrons. The molecule has 20 heavy (non-hydrogen) atoms. The summed E-state index contributed by atoms with van der Waals surface area (Å²) in [6.07, 6.45) is 1.50. The van der Waals surface area contributed by atoms with E-state index in [1.165, 1.54) is 22.3 Å². The molecule has 1 heterocycles. The van der Waals surface area contributed by atoms with Crippen LogP contribution in [0.5, 0.6) is 0 Å². The standard InChI is InChI=1S/C15H24N2O2S/c1-10-6-11(2)14(12(3)7-10)8-15(17-16)13-4-5-20(18,19)9-13/h6-7,13,15,17H,4-5,8-9,16H2,1-3H3. The van der Waals surface area contributed by atoms with Gasteiger partial charge in [-0.3, -0.25) is 11.3 Å². The van der Waals surface area contributed by atoms with Crippen LogP contribution in [0.3, 0.4) is 0 Å². The first-order valence-electron chi connectivity index (χ1n) is 7.05. The maximum Gasteiger partial charge on any atom is 0.150 e. The average Bonchev–Trinajstić information content (AvgIpc) is 2.68. The van der Waals surface area contributed by atoms with Crippen LogP contribution in [0.2, 0.25) is 0 Å². The van der Waals surface area contributed by atoms with Crippen LogP contribution in [0, 0.1) is 26.7 Å². The Morgan fingerprint density at radius 3 is 2.35 bits per heavy atom. The highest BCUT2D eigenvalue weighted by Crippen LogP contribution is 2.26. The van der Waals surface area contributed by atoms with E-state index in [2.05, 4.69) is 38.3 Å². The molecule has 2 unspecified atom stereocenters. The minimum absolute atomic E-state index is 0.0207. The van der Waals surface area contributed by atoms with Crippen molar-refractivity contribution in [3.63, 3.8) is 0 Å². The highest BCUT2D eigenvalue weighted by atomic mass is 32.2. The van der Waals surface area contributed by atoms with Crippen molar-refractivity contribution in [2.75, 3.05) is 11.5 Å². The summed E-state index contributed by atoms with van der Waals surface area (Å²) in [7, 11) is -2.87. The predicted molar refractivity (Wildman–Crippen MR) is 82.2 cm³/mol. The molecule has 0 spiro atoms. The Balaban J connectivity index is 2.19. The van der Waals surface area contributed by atoms with Crippen LogP contribution in [0.25, 0.3) is 0 Å². The van der Waals surface area contributed by atoms with Crippen molar-refractivity contribution in [1.82, 2.24) is 5.43 Å². The summed E-state index contributed by atoms with van der Waals surface area (Å²) in [4.78, 5) is 0. The third kappa shape index (κ3) is 3.40. The highest BCUT2D eigenvalue weighted by Gasteiger charge is 2.33. The molecule has 112 valence electrons. The summed E-state index contributed by atoms with van der Waals surface area (Å²) in [5, 5.41) is 0. The van der Waals surface area contributed by atoms with E-state index in [4.69, 9.17) is 5.84 Å². The largest absolute Gasteiger partial charge is 0.271 e. The molecule has 1 saturated heterocycles. The Labute approximate surface area is 121 Å². The zero-order valence-corrected chi connectivity index (χ0v) is 13.3. The van der Waals surface area contributed by atoms with Crippen molar-refractivity contribution in [3.8, 4) is 0 Å². The molecule has 1 aliphatic rings. The van der Waals surface area contributed by atoms with Crippen molar-refractivity contribution in [2.45, 2.75) is 39.7 Å². The summed E-state index contributed by atoms with van der Waals surface area (Å²) < 4.78 is 23.2. The van der Waals surface area contributed by atoms with Gasteiger partial charge in [0.1, 0.15) is 0 Å². The molecule has 3 N–H and O–H groups in total. The zero-order chi connectivity index (χ0) is 14.9. The number of nitrogens with two attached hydrogens (primary N) is 1. The van der Waals surface area contributed by atoms with E-state index in [0.717, 1.165) is 6.42 Å². The fourth-order valence-corrected chi connectivity index (χ4v) is 5.13. The summed E-state index contributed by atoms with van der Waals surface area (Å²) in [6, 6.07) is 4.36. The Hall–Kier alpha value is -0.910. The van der Waals surface area contributed by atoms with Gasteiger partial charge in [0.15, 0.2) is 9.84 Å². The van der Waals surface area contributed by atoms with Gasteiger partial charge in [-0.2, -0.15) is 0 Å². The van der Waals surface area contributed by atoms with Gasteiger partial charge < -0.3 is 0 Å². The van der Waals surface area contributed by atoms with E-state index < -0.39 is 9.84 Å².